The standard InChI is InChI=1S/C15H9ClN4O2S/c16-9-5-6-13-12(7-9)17-15(22-13)23-8-20-14(21)10-3-1-2-4-11(10)18-19-20/h1-7H,8H2. The second kappa shape index (κ2) is 5.68. The molecule has 8 heteroatoms. The van der Waals surface area contributed by atoms with Gasteiger partial charge in [-0.2, -0.15) is 4.68 Å². The molecule has 0 bridgehead atoms. The normalized spacial score (nSPS) is 11.3. The molecule has 114 valence electrons. The first kappa shape index (κ1) is 14.2. The van der Waals surface area contributed by atoms with Gasteiger partial charge in [-0.3, -0.25) is 4.79 Å². The van der Waals surface area contributed by atoms with Crippen molar-refractivity contribution in [2.75, 3.05) is 0 Å². The van der Waals surface area contributed by atoms with Crippen molar-refractivity contribution < 1.29 is 4.42 Å². The lowest BCUT2D eigenvalue weighted by molar-refractivity contribution is 0.487. The Bertz CT molecular complexity index is 1080. The molecule has 0 amide bonds. The van der Waals surface area contributed by atoms with Crippen LogP contribution in [0.1, 0.15) is 0 Å². The smallest absolute Gasteiger partial charge is 0.278 e. The van der Waals surface area contributed by atoms with Gasteiger partial charge in [-0.25, -0.2) is 4.98 Å². The highest BCUT2D eigenvalue weighted by molar-refractivity contribution is 7.98. The van der Waals surface area contributed by atoms with Crippen LogP contribution in [0.2, 0.25) is 5.02 Å². The lowest BCUT2D eigenvalue weighted by atomic mass is 10.2. The second-order valence-corrected chi connectivity index (χ2v) is 6.11. The summed E-state index contributed by atoms with van der Waals surface area (Å²) in [6, 6.07) is 12.3. The Hall–Kier alpha value is -2.38. The van der Waals surface area contributed by atoms with Gasteiger partial charge in [-0.05, 0) is 42.1 Å². The Balaban J connectivity index is 1.63. The minimum absolute atomic E-state index is 0.192. The van der Waals surface area contributed by atoms with Gasteiger partial charge in [0, 0.05) is 5.02 Å². The van der Waals surface area contributed by atoms with Gasteiger partial charge in [0.15, 0.2) is 5.58 Å². The maximum absolute atomic E-state index is 12.3. The Morgan fingerprint density at radius 2 is 2.04 bits per heavy atom. The number of hydrogen-bond acceptors (Lipinski definition) is 6. The van der Waals surface area contributed by atoms with Crippen LogP contribution in [0.3, 0.4) is 0 Å². The molecule has 0 spiro atoms. The zero-order valence-corrected chi connectivity index (χ0v) is 13.2. The molecule has 0 atom stereocenters. The van der Waals surface area contributed by atoms with E-state index in [1.807, 2.05) is 6.07 Å². The number of halogens is 1. The third kappa shape index (κ3) is 2.69. The molecule has 2 aromatic heterocycles. The van der Waals surface area contributed by atoms with E-state index in [9.17, 15) is 4.79 Å². The fourth-order valence-corrected chi connectivity index (χ4v) is 3.05. The van der Waals surface area contributed by atoms with Crippen LogP contribution in [0.25, 0.3) is 22.0 Å². The van der Waals surface area contributed by atoms with Crippen molar-refractivity contribution >= 4 is 45.4 Å². The molecule has 0 fully saturated rings. The highest BCUT2D eigenvalue weighted by atomic mass is 35.5. The van der Waals surface area contributed by atoms with Crippen molar-refractivity contribution in [3.05, 3.63) is 57.8 Å². The van der Waals surface area contributed by atoms with Crippen LogP contribution in [0, 0.1) is 0 Å². The number of benzene rings is 2. The van der Waals surface area contributed by atoms with Crippen molar-refractivity contribution in [2.45, 2.75) is 11.1 Å². The lowest BCUT2D eigenvalue weighted by Crippen LogP contribution is -2.23. The highest BCUT2D eigenvalue weighted by Gasteiger charge is 2.09. The van der Waals surface area contributed by atoms with Gasteiger partial charge >= 0.3 is 0 Å². The van der Waals surface area contributed by atoms with Gasteiger partial charge in [0.25, 0.3) is 10.8 Å². The number of nitrogens with zero attached hydrogens (tertiary/aromatic N) is 4. The van der Waals surface area contributed by atoms with Crippen LogP contribution < -0.4 is 5.56 Å². The summed E-state index contributed by atoms with van der Waals surface area (Å²) in [5.41, 5.74) is 1.71. The third-order valence-electron chi connectivity index (χ3n) is 3.27. The number of thioether (sulfide) groups is 1. The third-order valence-corrected chi connectivity index (χ3v) is 4.30. The molecule has 2 aromatic carbocycles. The lowest BCUT2D eigenvalue weighted by Gasteiger charge is -2.02. The first-order valence-electron chi connectivity index (χ1n) is 6.72. The Morgan fingerprint density at radius 3 is 2.96 bits per heavy atom. The van der Waals surface area contributed by atoms with E-state index in [-0.39, 0.29) is 11.4 Å². The average molecular weight is 345 g/mol. The predicted molar refractivity (Wildman–Crippen MR) is 88.7 cm³/mol. The van der Waals surface area contributed by atoms with E-state index in [0.717, 1.165) is 0 Å². The van der Waals surface area contributed by atoms with E-state index < -0.39 is 0 Å². The van der Waals surface area contributed by atoms with Crippen molar-refractivity contribution in [1.29, 1.82) is 0 Å². The summed E-state index contributed by atoms with van der Waals surface area (Å²) in [6.07, 6.45) is 0. The number of fused-ring (bicyclic) bond motifs is 2. The largest absolute Gasteiger partial charge is 0.431 e. The zero-order chi connectivity index (χ0) is 15.8. The number of hydrogen-bond donors (Lipinski definition) is 0. The molecule has 6 nitrogen and oxygen atoms in total. The zero-order valence-electron chi connectivity index (χ0n) is 11.6. The van der Waals surface area contributed by atoms with Crippen LogP contribution in [-0.2, 0) is 5.88 Å². The molecule has 4 rings (SSSR count). The van der Waals surface area contributed by atoms with Crippen molar-refractivity contribution in [3.63, 3.8) is 0 Å². The summed E-state index contributed by atoms with van der Waals surface area (Å²) in [7, 11) is 0. The second-order valence-electron chi connectivity index (χ2n) is 4.78. The molecule has 4 aromatic rings. The number of rotatable bonds is 3. The van der Waals surface area contributed by atoms with Crippen LogP contribution >= 0.6 is 23.4 Å². The van der Waals surface area contributed by atoms with Crippen molar-refractivity contribution in [3.8, 4) is 0 Å². The SMILES string of the molecule is O=c1c2ccccc2nnn1CSc1nc2cc(Cl)ccc2o1. The van der Waals surface area contributed by atoms with Crippen molar-refractivity contribution in [2.24, 2.45) is 0 Å². The van der Waals surface area contributed by atoms with Gasteiger partial charge < -0.3 is 4.42 Å². The Labute approximate surface area is 139 Å². The first-order chi connectivity index (χ1) is 11.2. The molecule has 0 N–H and O–H groups in total. The minimum atomic E-state index is -0.192. The maximum atomic E-state index is 12.3. The summed E-state index contributed by atoms with van der Waals surface area (Å²) >= 11 is 7.19. The number of aromatic nitrogens is 4. The van der Waals surface area contributed by atoms with Gasteiger partial charge in [0.2, 0.25) is 0 Å². The highest BCUT2D eigenvalue weighted by Crippen LogP contribution is 2.26. The van der Waals surface area contributed by atoms with E-state index in [1.165, 1.54) is 16.4 Å². The molecule has 23 heavy (non-hydrogen) atoms. The molecule has 2 heterocycles. The molecule has 0 aliphatic heterocycles. The van der Waals surface area contributed by atoms with Gasteiger partial charge in [-0.1, -0.05) is 28.9 Å². The predicted octanol–water partition coefficient (Wildman–Crippen LogP) is 3.34. The summed E-state index contributed by atoms with van der Waals surface area (Å²) in [5, 5.41) is 9.55. The molecular formula is C15H9ClN4O2S. The topological polar surface area (TPSA) is 73.8 Å². The average Bonchev–Trinajstić information content (AvgIpc) is 2.96. The van der Waals surface area contributed by atoms with Gasteiger partial charge in [0.05, 0.1) is 5.39 Å². The summed E-state index contributed by atoms with van der Waals surface area (Å²) < 4.78 is 6.89. The van der Waals surface area contributed by atoms with E-state index in [1.54, 1.807) is 36.4 Å². The van der Waals surface area contributed by atoms with Crippen LogP contribution in [0.5, 0.6) is 0 Å². The Morgan fingerprint density at radius 1 is 1.17 bits per heavy atom. The maximum Gasteiger partial charge on any atom is 0.278 e. The summed E-state index contributed by atoms with van der Waals surface area (Å²) in [4.78, 5) is 16.7. The summed E-state index contributed by atoms with van der Waals surface area (Å²) in [5.74, 6) is 0.261. The number of oxazole rings is 1. The van der Waals surface area contributed by atoms with E-state index in [2.05, 4.69) is 15.3 Å². The Kier molecular flexibility index (Phi) is 3.51. The van der Waals surface area contributed by atoms with Crippen LogP contribution in [-0.4, -0.2) is 20.0 Å². The fraction of sp³-hybridized carbons (Fsp3) is 0.0667. The fourth-order valence-electron chi connectivity index (χ4n) is 2.17. The molecule has 0 aliphatic rings. The van der Waals surface area contributed by atoms with E-state index >= 15 is 0 Å². The molecule has 0 radical (unpaired) electrons. The monoisotopic (exact) mass is 344 g/mol. The van der Waals surface area contributed by atoms with Crippen LogP contribution in [0.4, 0.5) is 0 Å². The molecule has 0 unspecified atom stereocenters. The first-order valence-corrected chi connectivity index (χ1v) is 8.08. The van der Waals surface area contributed by atoms with E-state index in [0.29, 0.717) is 32.2 Å². The molecule has 0 saturated carbocycles. The van der Waals surface area contributed by atoms with Crippen molar-refractivity contribution in [1.82, 2.24) is 20.0 Å². The van der Waals surface area contributed by atoms with Crippen LogP contribution in [0.15, 0.2) is 56.9 Å². The summed E-state index contributed by atoms with van der Waals surface area (Å²) in [6.45, 7) is 0. The quantitative estimate of drug-likeness (QED) is 0.531. The van der Waals surface area contributed by atoms with Gasteiger partial charge in [-0.15, -0.1) is 5.10 Å². The molecule has 0 aliphatic carbocycles. The van der Waals surface area contributed by atoms with Gasteiger partial charge in [0.1, 0.15) is 16.9 Å². The molecule has 0 saturated heterocycles. The molecular weight excluding hydrogens is 336 g/mol. The minimum Gasteiger partial charge on any atom is -0.431 e. The van der Waals surface area contributed by atoms with E-state index in [4.69, 9.17) is 16.0 Å².